The molecule has 0 spiro atoms. The highest BCUT2D eigenvalue weighted by molar-refractivity contribution is 9.10. The Morgan fingerprint density at radius 1 is 1.20 bits per heavy atom. The number of rotatable bonds is 5. The summed E-state index contributed by atoms with van der Waals surface area (Å²) >= 11 is 3.28. The Bertz CT molecular complexity index is 906. The molecule has 1 amide bonds. The Balaban J connectivity index is 1.64. The molecule has 0 bridgehead atoms. The summed E-state index contributed by atoms with van der Waals surface area (Å²) in [4.78, 5) is 12.0. The number of hydrogen-bond acceptors (Lipinski definition) is 4. The van der Waals surface area contributed by atoms with Crippen LogP contribution in [-0.2, 0) is 7.05 Å². The van der Waals surface area contributed by atoms with Crippen molar-refractivity contribution in [3.63, 3.8) is 0 Å². The minimum absolute atomic E-state index is 0.279. The van der Waals surface area contributed by atoms with Crippen LogP contribution in [0.15, 0.2) is 70.4 Å². The number of nitrogens with one attached hydrogen (secondary N) is 1. The number of carbonyl (C=O) groups is 1. The van der Waals surface area contributed by atoms with Crippen molar-refractivity contribution in [2.24, 2.45) is 12.1 Å². The topological polar surface area (TPSA) is 68.5 Å². The van der Waals surface area contributed by atoms with E-state index in [0.717, 1.165) is 11.3 Å². The van der Waals surface area contributed by atoms with Gasteiger partial charge in [0.1, 0.15) is 11.5 Å². The van der Waals surface area contributed by atoms with Crippen LogP contribution in [0.1, 0.15) is 16.1 Å². The van der Waals surface area contributed by atoms with Crippen molar-refractivity contribution >= 4 is 28.1 Å². The van der Waals surface area contributed by atoms with Crippen LogP contribution in [0.4, 0.5) is 0 Å². The van der Waals surface area contributed by atoms with Crippen molar-refractivity contribution in [2.45, 2.75) is 0 Å². The van der Waals surface area contributed by atoms with Crippen LogP contribution in [0, 0.1) is 0 Å². The Kier molecular flexibility index (Phi) is 5.25. The number of ether oxygens (including phenoxy) is 1. The lowest BCUT2D eigenvalue weighted by molar-refractivity contribution is 0.0948. The summed E-state index contributed by atoms with van der Waals surface area (Å²) in [7, 11) is 1.74. The van der Waals surface area contributed by atoms with Gasteiger partial charge in [0.25, 0.3) is 5.91 Å². The predicted octanol–water partition coefficient (Wildman–Crippen LogP) is 3.74. The molecule has 1 aromatic heterocycles. The number of aromatic nitrogens is 2. The van der Waals surface area contributed by atoms with Crippen molar-refractivity contribution in [2.75, 3.05) is 0 Å². The molecule has 25 heavy (non-hydrogen) atoms. The summed E-state index contributed by atoms with van der Waals surface area (Å²) < 4.78 is 7.93. The quantitative estimate of drug-likeness (QED) is 0.525. The molecule has 2 aromatic carbocycles. The van der Waals surface area contributed by atoms with Crippen molar-refractivity contribution in [3.05, 3.63) is 76.5 Å². The van der Waals surface area contributed by atoms with Gasteiger partial charge in [0, 0.05) is 13.2 Å². The fourth-order valence-corrected chi connectivity index (χ4v) is 2.67. The molecule has 0 unspecified atom stereocenters. The van der Waals surface area contributed by atoms with Gasteiger partial charge in [0.05, 0.1) is 10.7 Å². The maximum Gasteiger partial charge on any atom is 0.293 e. The summed E-state index contributed by atoms with van der Waals surface area (Å²) in [6, 6.07) is 16.9. The van der Waals surface area contributed by atoms with Gasteiger partial charge >= 0.3 is 0 Å². The van der Waals surface area contributed by atoms with Crippen molar-refractivity contribution in [1.82, 2.24) is 15.2 Å². The van der Waals surface area contributed by atoms with E-state index in [1.807, 2.05) is 54.6 Å². The van der Waals surface area contributed by atoms with Gasteiger partial charge in [-0.1, -0.05) is 30.3 Å². The molecule has 0 radical (unpaired) electrons. The first-order chi connectivity index (χ1) is 12.1. The molecule has 0 aliphatic heterocycles. The minimum atomic E-state index is -0.389. The normalized spacial score (nSPS) is 10.8. The lowest BCUT2D eigenvalue weighted by Crippen LogP contribution is -2.18. The molecule has 0 saturated carbocycles. The van der Waals surface area contributed by atoms with E-state index >= 15 is 0 Å². The van der Waals surface area contributed by atoms with E-state index in [4.69, 9.17) is 4.74 Å². The van der Waals surface area contributed by atoms with Gasteiger partial charge < -0.3 is 4.74 Å². The van der Waals surface area contributed by atoms with Crippen molar-refractivity contribution in [1.29, 1.82) is 0 Å². The average molecular weight is 399 g/mol. The summed E-state index contributed by atoms with van der Waals surface area (Å²) in [6.07, 6.45) is 3.25. The van der Waals surface area contributed by atoms with Crippen LogP contribution < -0.4 is 10.2 Å². The fraction of sp³-hybridized carbons (Fsp3) is 0.0556. The number of aryl methyl sites for hydroxylation is 1. The van der Waals surface area contributed by atoms with Crippen molar-refractivity contribution < 1.29 is 9.53 Å². The first-order valence-corrected chi connectivity index (χ1v) is 8.26. The summed E-state index contributed by atoms with van der Waals surface area (Å²) in [5.41, 5.74) is 3.53. The second-order valence-corrected chi connectivity index (χ2v) is 6.04. The lowest BCUT2D eigenvalue weighted by atomic mass is 10.2. The molecular weight excluding hydrogens is 384 g/mol. The average Bonchev–Trinajstić information content (AvgIpc) is 2.94. The molecule has 0 atom stereocenters. The van der Waals surface area contributed by atoms with Crippen LogP contribution in [0.2, 0.25) is 0 Å². The van der Waals surface area contributed by atoms with Crippen LogP contribution in [0.5, 0.6) is 11.5 Å². The second-order valence-electron chi connectivity index (χ2n) is 5.19. The molecule has 126 valence electrons. The highest BCUT2D eigenvalue weighted by Gasteiger charge is 2.13. The highest BCUT2D eigenvalue weighted by atomic mass is 79.9. The Hall–Kier alpha value is -2.93. The molecule has 0 aliphatic rings. The number of carbonyl (C=O) groups excluding carboxylic acids is 1. The third-order valence-corrected chi connectivity index (χ3v) is 3.80. The summed E-state index contributed by atoms with van der Waals surface area (Å²) in [5, 5.41) is 8.03. The number of amides is 1. The standard InChI is InChI=1S/C18H15BrN4O2/c1-23-12-16(19)17(22-23)18(24)21-20-11-13-6-5-9-15(10-13)25-14-7-3-2-4-8-14/h2-12H,1H3,(H,21,24)/b20-11-. The molecule has 0 saturated heterocycles. The third-order valence-electron chi connectivity index (χ3n) is 3.22. The smallest absolute Gasteiger partial charge is 0.293 e. The van der Waals surface area contributed by atoms with Gasteiger partial charge in [-0.05, 0) is 45.8 Å². The van der Waals surface area contributed by atoms with Gasteiger partial charge in [0.15, 0.2) is 5.69 Å². The van der Waals surface area contributed by atoms with Gasteiger partial charge in [-0.2, -0.15) is 10.2 Å². The first-order valence-electron chi connectivity index (χ1n) is 7.47. The van der Waals surface area contributed by atoms with Crippen LogP contribution in [-0.4, -0.2) is 21.9 Å². The molecule has 6 nitrogen and oxygen atoms in total. The van der Waals surface area contributed by atoms with Gasteiger partial charge in [-0.3, -0.25) is 9.48 Å². The van der Waals surface area contributed by atoms with Crippen LogP contribution >= 0.6 is 15.9 Å². The number of para-hydroxylation sites is 1. The zero-order chi connectivity index (χ0) is 17.6. The Labute approximate surface area is 153 Å². The summed E-state index contributed by atoms with van der Waals surface area (Å²) in [6.45, 7) is 0. The summed E-state index contributed by atoms with van der Waals surface area (Å²) in [5.74, 6) is 1.05. The Morgan fingerprint density at radius 2 is 1.96 bits per heavy atom. The van der Waals surface area contributed by atoms with Crippen LogP contribution in [0.25, 0.3) is 0 Å². The number of halogens is 1. The van der Waals surface area contributed by atoms with E-state index < -0.39 is 0 Å². The molecule has 1 N–H and O–H groups in total. The largest absolute Gasteiger partial charge is 0.457 e. The zero-order valence-electron chi connectivity index (χ0n) is 13.4. The lowest BCUT2D eigenvalue weighted by Gasteiger charge is -2.05. The van der Waals surface area contributed by atoms with E-state index in [1.165, 1.54) is 0 Å². The van der Waals surface area contributed by atoms with Crippen LogP contribution in [0.3, 0.4) is 0 Å². The first kappa shape index (κ1) is 16.9. The van der Waals surface area contributed by atoms with E-state index in [2.05, 4.69) is 31.6 Å². The molecule has 3 aromatic rings. The van der Waals surface area contributed by atoms with Crippen molar-refractivity contribution in [3.8, 4) is 11.5 Å². The number of nitrogens with zero attached hydrogens (tertiary/aromatic N) is 3. The SMILES string of the molecule is Cn1cc(Br)c(C(=O)N/N=C\c2cccc(Oc3ccccc3)c2)n1. The maximum atomic E-state index is 12.0. The van der Waals surface area contributed by atoms with E-state index in [9.17, 15) is 4.79 Å². The molecule has 0 aliphatic carbocycles. The number of benzene rings is 2. The molecule has 0 fully saturated rings. The third kappa shape index (κ3) is 4.54. The number of hydrazone groups is 1. The molecule has 7 heteroatoms. The second kappa shape index (κ2) is 7.76. The molecular formula is C18H15BrN4O2. The van der Waals surface area contributed by atoms with E-state index in [0.29, 0.717) is 10.2 Å². The van der Waals surface area contributed by atoms with Gasteiger partial charge in [-0.25, -0.2) is 5.43 Å². The van der Waals surface area contributed by atoms with E-state index in [1.54, 1.807) is 24.1 Å². The maximum absolute atomic E-state index is 12.0. The van der Waals surface area contributed by atoms with Gasteiger partial charge in [0.2, 0.25) is 0 Å². The highest BCUT2D eigenvalue weighted by Crippen LogP contribution is 2.21. The van der Waals surface area contributed by atoms with Gasteiger partial charge in [-0.15, -0.1) is 0 Å². The number of hydrogen-bond donors (Lipinski definition) is 1. The molecule has 1 heterocycles. The molecule has 3 rings (SSSR count). The predicted molar refractivity (Wildman–Crippen MR) is 98.9 cm³/mol. The fourth-order valence-electron chi connectivity index (χ4n) is 2.11. The monoisotopic (exact) mass is 398 g/mol. The zero-order valence-corrected chi connectivity index (χ0v) is 15.0. The minimum Gasteiger partial charge on any atom is -0.457 e. The van der Waals surface area contributed by atoms with E-state index in [-0.39, 0.29) is 11.6 Å². The Morgan fingerprint density at radius 3 is 2.68 bits per heavy atom.